The Hall–Kier alpha value is 0.420. The molecule has 0 saturated carbocycles. The average Bonchev–Trinajstić information content (AvgIpc) is 2.12. The lowest BCUT2D eigenvalue weighted by Crippen LogP contribution is -2.03. The predicted octanol–water partition coefficient (Wildman–Crippen LogP) is 0.212. The summed E-state index contributed by atoms with van der Waals surface area (Å²) in [6.07, 6.45) is 4.26. The fraction of sp³-hybridized carbons (Fsp3) is 1.00. The monoisotopic (exact) mass is 248 g/mol. The molecule has 92 valence electrons. The van der Waals surface area contributed by atoms with E-state index in [-0.39, 0.29) is 24.8 Å². The van der Waals surface area contributed by atoms with Gasteiger partial charge >= 0.3 is 0 Å². The number of nitrogens with two attached hydrogens (primary N) is 4. The standard InChI is InChI=1S/2C4H12N2.2ClH/c2*5-3-1-2-4-6;;/h2*1-6H2;2*1H. The SMILES string of the molecule is Cl.Cl.NCCCCN.NCCCCN. The number of rotatable bonds is 6. The van der Waals surface area contributed by atoms with Gasteiger partial charge in [0.1, 0.15) is 0 Å². The zero-order valence-corrected chi connectivity index (χ0v) is 10.4. The van der Waals surface area contributed by atoms with Crippen LogP contribution in [0.25, 0.3) is 0 Å². The second-order valence-corrected chi connectivity index (χ2v) is 2.57. The Morgan fingerprint density at radius 1 is 0.429 bits per heavy atom. The average molecular weight is 249 g/mol. The van der Waals surface area contributed by atoms with Crippen molar-refractivity contribution >= 4 is 24.8 Å². The van der Waals surface area contributed by atoms with E-state index in [0.29, 0.717) is 0 Å². The van der Waals surface area contributed by atoms with E-state index in [2.05, 4.69) is 0 Å². The first-order valence-electron chi connectivity index (χ1n) is 4.63. The van der Waals surface area contributed by atoms with Gasteiger partial charge in [-0.3, -0.25) is 0 Å². The van der Waals surface area contributed by atoms with Crippen molar-refractivity contribution in [2.45, 2.75) is 25.7 Å². The van der Waals surface area contributed by atoms with E-state index in [1.807, 2.05) is 0 Å². The number of halogens is 2. The van der Waals surface area contributed by atoms with Crippen molar-refractivity contribution in [1.82, 2.24) is 0 Å². The maximum absolute atomic E-state index is 5.16. The molecule has 0 rings (SSSR count). The van der Waals surface area contributed by atoms with Gasteiger partial charge in [-0.25, -0.2) is 0 Å². The van der Waals surface area contributed by atoms with Crippen LogP contribution in [-0.4, -0.2) is 26.2 Å². The van der Waals surface area contributed by atoms with Crippen molar-refractivity contribution in [1.29, 1.82) is 0 Å². The molecule has 0 aliphatic rings. The summed E-state index contributed by atoms with van der Waals surface area (Å²) in [5.41, 5.74) is 20.6. The summed E-state index contributed by atoms with van der Waals surface area (Å²) in [4.78, 5) is 0. The van der Waals surface area contributed by atoms with Crippen LogP contribution in [0.4, 0.5) is 0 Å². The second-order valence-electron chi connectivity index (χ2n) is 2.57. The van der Waals surface area contributed by atoms with Crippen molar-refractivity contribution in [2.24, 2.45) is 22.9 Å². The highest BCUT2D eigenvalue weighted by Gasteiger charge is 1.75. The van der Waals surface area contributed by atoms with Gasteiger partial charge in [-0.15, -0.1) is 24.8 Å². The van der Waals surface area contributed by atoms with Gasteiger partial charge in [-0.1, -0.05) is 0 Å². The molecule has 0 amide bonds. The summed E-state index contributed by atoms with van der Waals surface area (Å²) in [5.74, 6) is 0. The smallest absolute Gasteiger partial charge is 0.00768 e. The molecule has 0 aromatic carbocycles. The Kier molecular flexibility index (Phi) is 49.9. The van der Waals surface area contributed by atoms with Gasteiger partial charge in [0.15, 0.2) is 0 Å². The summed E-state index contributed by atoms with van der Waals surface area (Å²) < 4.78 is 0. The largest absolute Gasteiger partial charge is 0.330 e. The van der Waals surface area contributed by atoms with Crippen LogP contribution >= 0.6 is 24.8 Å². The molecule has 0 aliphatic carbocycles. The summed E-state index contributed by atoms with van der Waals surface area (Å²) >= 11 is 0. The van der Waals surface area contributed by atoms with Crippen LogP contribution in [0.1, 0.15) is 25.7 Å². The maximum Gasteiger partial charge on any atom is -0.00768 e. The van der Waals surface area contributed by atoms with Gasteiger partial charge in [0.2, 0.25) is 0 Å². The fourth-order valence-electron chi connectivity index (χ4n) is 0.577. The van der Waals surface area contributed by atoms with Gasteiger partial charge in [0.05, 0.1) is 0 Å². The zero-order chi connectivity index (χ0) is 9.66. The molecule has 0 unspecified atom stereocenters. The van der Waals surface area contributed by atoms with E-state index in [9.17, 15) is 0 Å². The Morgan fingerprint density at radius 2 is 0.571 bits per heavy atom. The molecule has 0 aromatic rings. The van der Waals surface area contributed by atoms with E-state index >= 15 is 0 Å². The van der Waals surface area contributed by atoms with Crippen molar-refractivity contribution < 1.29 is 0 Å². The maximum atomic E-state index is 5.16. The molecule has 0 aromatic heterocycles. The van der Waals surface area contributed by atoms with E-state index in [1.54, 1.807) is 0 Å². The van der Waals surface area contributed by atoms with Crippen LogP contribution in [0.5, 0.6) is 0 Å². The highest BCUT2D eigenvalue weighted by atomic mass is 35.5. The first kappa shape index (κ1) is 23.9. The second kappa shape index (κ2) is 29.2. The van der Waals surface area contributed by atoms with Gasteiger partial charge in [-0.05, 0) is 51.9 Å². The normalized spacial score (nSPS) is 7.71. The Balaban J connectivity index is -0.0000000625. The van der Waals surface area contributed by atoms with Crippen LogP contribution in [0.15, 0.2) is 0 Å². The minimum absolute atomic E-state index is 0. The third kappa shape index (κ3) is 39.3. The molecule has 0 radical (unpaired) electrons. The minimum Gasteiger partial charge on any atom is -0.330 e. The lowest BCUT2D eigenvalue weighted by molar-refractivity contribution is 0.755. The van der Waals surface area contributed by atoms with E-state index in [0.717, 1.165) is 51.9 Å². The van der Waals surface area contributed by atoms with Crippen molar-refractivity contribution in [2.75, 3.05) is 26.2 Å². The lowest BCUT2D eigenvalue weighted by Gasteiger charge is -1.87. The Bertz CT molecular complexity index is 51.3. The van der Waals surface area contributed by atoms with Crippen LogP contribution in [0, 0.1) is 0 Å². The van der Waals surface area contributed by atoms with Crippen LogP contribution in [-0.2, 0) is 0 Å². The molecule has 0 fully saturated rings. The summed E-state index contributed by atoms with van der Waals surface area (Å²) in [6, 6.07) is 0. The molecular weight excluding hydrogens is 223 g/mol. The number of unbranched alkanes of at least 4 members (excludes halogenated alkanes) is 2. The van der Waals surface area contributed by atoms with Crippen molar-refractivity contribution in [3.05, 3.63) is 0 Å². The Labute approximate surface area is 100.0 Å². The molecule has 0 heterocycles. The van der Waals surface area contributed by atoms with Crippen molar-refractivity contribution in [3.8, 4) is 0 Å². The molecule has 0 saturated heterocycles. The van der Waals surface area contributed by atoms with Gasteiger partial charge in [0, 0.05) is 0 Å². The molecule has 14 heavy (non-hydrogen) atoms. The molecule has 0 bridgehead atoms. The predicted molar refractivity (Wildman–Crippen MR) is 69.2 cm³/mol. The molecule has 0 spiro atoms. The van der Waals surface area contributed by atoms with Crippen molar-refractivity contribution in [3.63, 3.8) is 0 Å². The van der Waals surface area contributed by atoms with Gasteiger partial charge in [0.25, 0.3) is 0 Å². The molecule has 6 heteroatoms. The van der Waals surface area contributed by atoms with E-state index in [1.165, 1.54) is 0 Å². The first-order chi connectivity index (χ1) is 5.83. The molecular formula is C8H26Cl2N4. The van der Waals surface area contributed by atoms with E-state index in [4.69, 9.17) is 22.9 Å². The van der Waals surface area contributed by atoms with Gasteiger partial charge in [-0.2, -0.15) is 0 Å². The first-order valence-corrected chi connectivity index (χ1v) is 4.63. The fourth-order valence-corrected chi connectivity index (χ4v) is 0.577. The molecule has 8 N–H and O–H groups in total. The highest BCUT2D eigenvalue weighted by molar-refractivity contribution is 5.85. The third-order valence-electron chi connectivity index (χ3n) is 1.32. The van der Waals surface area contributed by atoms with Crippen LogP contribution in [0.3, 0.4) is 0 Å². The van der Waals surface area contributed by atoms with Crippen LogP contribution in [0.2, 0.25) is 0 Å². The zero-order valence-electron chi connectivity index (χ0n) is 8.78. The number of hydrogen-bond donors (Lipinski definition) is 4. The molecule has 0 aliphatic heterocycles. The molecule has 0 atom stereocenters. The van der Waals surface area contributed by atoms with Crippen LogP contribution < -0.4 is 22.9 Å². The van der Waals surface area contributed by atoms with E-state index < -0.39 is 0 Å². The third-order valence-corrected chi connectivity index (χ3v) is 1.32. The minimum atomic E-state index is 0. The Morgan fingerprint density at radius 3 is 0.643 bits per heavy atom. The number of hydrogen-bond acceptors (Lipinski definition) is 4. The van der Waals surface area contributed by atoms with Gasteiger partial charge < -0.3 is 22.9 Å². The summed E-state index contributed by atoms with van der Waals surface area (Å²) in [5, 5.41) is 0. The molecule has 4 nitrogen and oxygen atoms in total. The summed E-state index contributed by atoms with van der Waals surface area (Å²) in [6.45, 7) is 3.10. The summed E-state index contributed by atoms with van der Waals surface area (Å²) in [7, 11) is 0. The quantitative estimate of drug-likeness (QED) is 0.505. The topological polar surface area (TPSA) is 104 Å². The highest BCUT2D eigenvalue weighted by Crippen LogP contribution is 1.77. The lowest BCUT2D eigenvalue weighted by atomic mass is 10.3.